The molecule has 7 heteroatoms. The molecule has 0 aliphatic rings. The van der Waals surface area contributed by atoms with Crippen LogP contribution in [0.2, 0.25) is 0 Å². The molecule has 1 amide bonds. The monoisotopic (exact) mass is 400 g/mol. The molecule has 1 N–H and O–H groups in total. The van der Waals surface area contributed by atoms with Crippen LogP contribution in [0.3, 0.4) is 0 Å². The average Bonchev–Trinajstić information content (AvgIpc) is 3.37. The summed E-state index contributed by atoms with van der Waals surface area (Å²) in [7, 11) is 0. The van der Waals surface area contributed by atoms with Crippen molar-refractivity contribution >= 4 is 34.6 Å². The predicted octanol–water partition coefficient (Wildman–Crippen LogP) is 4.34. The zero-order chi connectivity index (χ0) is 19.2. The highest BCUT2D eigenvalue weighted by Crippen LogP contribution is 2.28. The number of nitrogens with zero attached hydrogens (tertiary/aromatic N) is 1. The molecule has 3 rings (SSSR count). The molecular formula is C20H20N2O3S2. The Morgan fingerprint density at radius 1 is 1.11 bits per heavy atom. The first-order chi connectivity index (χ1) is 13.0. The van der Waals surface area contributed by atoms with E-state index in [1.165, 1.54) is 11.3 Å². The summed E-state index contributed by atoms with van der Waals surface area (Å²) < 4.78 is 5.26. The molecule has 0 bridgehead atoms. The number of rotatable bonds is 7. The van der Waals surface area contributed by atoms with Gasteiger partial charge in [0.1, 0.15) is 5.01 Å². The van der Waals surface area contributed by atoms with Crippen LogP contribution in [0.1, 0.15) is 35.8 Å². The van der Waals surface area contributed by atoms with Gasteiger partial charge in [-0.05, 0) is 29.9 Å². The number of carbonyl (C=O) groups is 2. The zero-order valence-electron chi connectivity index (χ0n) is 15.0. The summed E-state index contributed by atoms with van der Waals surface area (Å²) in [6.07, 6.45) is -0.882. The first kappa shape index (κ1) is 19.3. The maximum atomic E-state index is 12.2. The second kappa shape index (κ2) is 8.92. The third kappa shape index (κ3) is 5.02. The number of hydrogen-bond acceptors (Lipinski definition) is 6. The molecule has 0 aliphatic carbocycles. The van der Waals surface area contributed by atoms with Gasteiger partial charge >= 0.3 is 5.97 Å². The van der Waals surface area contributed by atoms with Gasteiger partial charge in [-0.2, -0.15) is 0 Å². The van der Waals surface area contributed by atoms with Crippen LogP contribution in [-0.2, 0) is 9.53 Å². The molecule has 2 aromatic heterocycles. The fraction of sp³-hybridized carbons (Fsp3) is 0.250. The van der Waals surface area contributed by atoms with E-state index in [9.17, 15) is 9.59 Å². The fourth-order valence-corrected chi connectivity index (χ4v) is 4.06. The van der Waals surface area contributed by atoms with Gasteiger partial charge < -0.3 is 10.1 Å². The molecule has 0 radical (unpaired) electrons. The van der Waals surface area contributed by atoms with Gasteiger partial charge in [0.15, 0.2) is 11.8 Å². The predicted molar refractivity (Wildman–Crippen MR) is 108 cm³/mol. The molecule has 2 atom stereocenters. The second-order valence-corrected chi connectivity index (χ2v) is 7.93. The number of benzene rings is 1. The molecule has 3 aromatic rings. The quantitative estimate of drug-likeness (QED) is 0.599. The number of nitrogens with one attached hydrogen (secondary N) is 1. The fourth-order valence-electron chi connectivity index (χ4n) is 2.45. The van der Waals surface area contributed by atoms with Crippen molar-refractivity contribution in [1.29, 1.82) is 0 Å². The van der Waals surface area contributed by atoms with Crippen LogP contribution in [0.25, 0.3) is 9.88 Å². The van der Waals surface area contributed by atoms with Crippen LogP contribution in [0.15, 0.2) is 53.2 Å². The Hall–Kier alpha value is -2.51. The SMILES string of the molecule is C[C@@H](OC(=O)c1csc(-c2cccs2)n1)C(=O)NC[C@H](C)c1ccccc1. The van der Waals surface area contributed by atoms with Gasteiger partial charge in [-0.1, -0.05) is 43.3 Å². The second-order valence-electron chi connectivity index (χ2n) is 6.12. The van der Waals surface area contributed by atoms with Crippen molar-refractivity contribution in [3.8, 4) is 9.88 Å². The van der Waals surface area contributed by atoms with Crippen molar-refractivity contribution in [1.82, 2.24) is 10.3 Å². The van der Waals surface area contributed by atoms with Crippen molar-refractivity contribution < 1.29 is 14.3 Å². The molecular weight excluding hydrogens is 380 g/mol. The topological polar surface area (TPSA) is 68.3 Å². The summed E-state index contributed by atoms with van der Waals surface area (Å²) in [5.41, 5.74) is 1.37. The Morgan fingerprint density at radius 2 is 1.89 bits per heavy atom. The molecule has 0 fully saturated rings. The third-order valence-electron chi connectivity index (χ3n) is 4.05. The van der Waals surface area contributed by atoms with Crippen LogP contribution in [0.5, 0.6) is 0 Å². The molecule has 0 unspecified atom stereocenters. The smallest absolute Gasteiger partial charge is 0.358 e. The van der Waals surface area contributed by atoms with Gasteiger partial charge in [-0.3, -0.25) is 4.79 Å². The van der Waals surface area contributed by atoms with Gasteiger partial charge in [0.05, 0.1) is 4.88 Å². The number of amides is 1. The minimum atomic E-state index is -0.882. The standard InChI is InChI=1S/C20H20N2O3S2/c1-13(15-7-4-3-5-8-15)11-21-18(23)14(2)25-20(24)16-12-27-19(22-16)17-9-6-10-26-17/h3-10,12-14H,11H2,1-2H3,(H,21,23)/t13-,14+/m0/s1. The van der Waals surface area contributed by atoms with Crippen molar-refractivity contribution in [2.75, 3.05) is 6.54 Å². The number of ether oxygens (including phenoxy) is 1. The number of esters is 1. The number of thiophene rings is 1. The number of aromatic nitrogens is 1. The normalized spacial score (nSPS) is 13.0. The molecule has 140 valence electrons. The van der Waals surface area contributed by atoms with E-state index in [-0.39, 0.29) is 17.5 Å². The minimum Gasteiger partial charge on any atom is -0.448 e. The molecule has 0 saturated heterocycles. The van der Waals surface area contributed by atoms with Crippen molar-refractivity contribution in [2.45, 2.75) is 25.9 Å². The lowest BCUT2D eigenvalue weighted by Crippen LogP contribution is -2.37. The molecule has 0 spiro atoms. The lowest BCUT2D eigenvalue weighted by Gasteiger charge is -2.16. The maximum Gasteiger partial charge on any atom is 0.358 e. The largest absolute Gasteiger partial charge is 0.448 e. The van der Waals surface area contributed by atoms with Crippen LogP contribution in [0, 0.1) is 0 Å². The Kier molecular flexibility index (Phi) is 6.36. The van der Waals surface area contributed by atoms with Crippen LogP contribution >= 0.6 is 22.7 Å². The Labute approximate surface area is 166 Å². The van der Waals surface area contributed by atoms with Crippen molar-refractivity contribution in [3.63, 3.8) is 0 Å². The molecule has 27 heavy (non-hydrogen) atoms. The van der Waals surface area contributed by atoms with Gasteiger partial charge in [-0.15, -0.1) is 22.7 Å². The Morgan fingerprint density at radius 3 is 2.59 bits per heavy atom. The number of hydrogen-bond donors (Lipinski definition) is 1. The highest BCUT2D eigenvalue weighted by atomic mass is 32.1. The Bertz CT molecular complexity index is 891. The van der Waals surface area contributed by atoms with E-state index in [0.29, 0.717) is 6.54 Å². The number of carbonyl (C=O) groups excluding carboxylic acids is 2. The average molecular weight is 401 g/mol. The summed E-state index contributed by atoms with van der Waals surface area (Å²) in [6.45, 7) is 4.07. The van der Waals surface area contributed by atoms with Crippen molar-refractivity contribution in [2.24, 2.45) is 0 Å². The minimum absolute atomic E-state index is 0.171. The number of thiazole rings is 1. The maximum absolute atomic E-state index is 12.2. The van der Waals surface area contributed by atoms with E-state index in [0.717, 1.165) is 15.4 Å². The molecule has 2 heterocycles. The van der Waals surface area contributed by atoms with E-state index in [1.807, 2.05) is 54.8 Å². The van der Waals surface area contributed by atoms with Gasteiger partial charge in [0.25, 0.3) is 5.91 Å². The summed E-state index contributed by atoms with van der Waals surface area (Å²) in [5.74, 6) is -0.738. The van der Waals surface area contributed by atoms with E-state index < -0.39 is 12.1 Å². The summed E-state index contributed by atoms with van der Waals surface area (Å²) in [5, 5.41) is 7.21. The van der Waals surface area contributed by atoms with Gasteiger partial charge in [0.2, 0.25) is 0 Å². The van der Waals surface area contributed by atoms with Crippen LogP contribution < -0.4 is 5.32 Å². The Balaban J connectivity index is 1.51. The highest BCUT2D eigenvalue weighted by Gasteiger charge is 2.21. The summed E-state index contributed by atoms with van der Waals surface area (Å²) in [4.78, 5) is 29.8. The van der Waals surface area contributed by atoms with Crippen LogP contribution in [-0.4, -0.2) is 29.5 Å². The van der Waals surface area contributed by atoms with E-state index in [1.54, 1.807) is 23.6 Å². The lowest BCUT2D eigenvalue weighted by atomic mass is 10.0. The highest BCUT2D eigenvalue weighted by molar-refractivity contribution is 7.20. The lowest BCUT2D eigenvalue weighted by molar-refractivity contribution is -0.129. The molecule has 1 aromatic carbocycles. The van der Waals surface area contributed by atoms with Crippen molar-refractivity contribution in [3.05, 3.63) is 64.5 Å². The van der Waals surface area contributed by atoms with Gasteiger partial charge in [0, 0.05) is 11.9 Å². The van der Waals surface area contributed by atoms with Gasteiger partial charge in [-0.25, -0.2) is 9.78 Å². The summed E-state index contributed by atoms with van der Waals surface area (Å²) >= 11 is 2.94. The zero-order valence-corrected chi connectivity index (χ0v) is 16.7. The van der Waals surface area contributed by atoms with E-state index >= 15 is 0 Å². The first-order valence-electron chi connectivity index (χ1n) is 8.57. The first-order valence-corrected chi connectivity index (χ1v) is 10.3. The van der Waals surface area contributed by atoms with Crippen LogP contribution in [0.4, 0.5) is 0 Å². The molecule has 5 nitrogen and oxygen atoms in total. The summed E-state index contributed by atoms with van der Waals surface area (Å²) in [6, 6.07) is 13.8. The van der Waals surface area contributed by atoms with E-state index in [2.05, 4.69) is 10.3 Å². The molecule has 0 saturated carbocycles. The third-order valence-corrected chi connectivity index (χ3v) is 5.93. The van der Waals surface area contributed by atoms with E-state index in [4.69, 9.17) is 4.74 Å². The molecule has 0 aliphatic heterocycles.